The molecule has 0 amide bonds. The molecular weight excluding hydrogens is 317 g/mol. The number of methoxy groups -OCH3 is 1. The molecule has 0 aromatic heterocycles. The van der Waals surface area contributed by atoms with Gasteiger partial charge in [-0.05, 0) is 36.8 Å². The quantitative estimate of drug-likeness (QED) is 0.853. The van der Waals surface area contributed by atoms with E-state index in [9.17, 15) is 9.65 Å². The van der Waals surface area contributed by atoms with Gasteiger partial charge >= 0.3 is 0 Å². The Morgan fingerprint density at radius 1 is 1.12 bits per heavy atom. The maximum atomic E-state index is 13.8. The third-order valence-corrected chi connectivity index (χ3v) is 4.88. The molecule has 1 fully saturated rings. The zero-order valence-corrected chi connectivity index (χ0v) is 14.6. The lowest BCUT2D eigenvalue weighted by Gasteiger charge is -2.39. The smallest absolute Gasteiger partial charge is 0.143 e. The number of rotatable bonds is 4. The number of nitriles is 1. The number of nitrogens with zero attached hydrogens (tertiary/aromatic N) is 3. The van der Waals surface area contributed by atoms with Gasteiger partial charge in [0.25, 0.3) is 0 Å². The molecule has 1 heterocycles. The average molecular weight is 339 g/mol. The first-order chi connectivity index (χ1) is 12.1. The van der Waals surface area contributed by atoms with Crippen LogP contribution in [-0.2, 0) is 0 Å². The van der Waals surface area contributed by atoms with E-state index < -0.39 is 5.82 Å². The molecule has 0 aliphatic carbocycles. The van der Waals surface area contributed by atoms with Gasteiger partial charge < -0.3 is 9.64 Å². The fraction of sp³-hybridized carbons (Fsp3) is 0.350. The summed E-state index contributed by atoms with van der Waals surface area (Å²) in [5.74, 6) is 0.411. The third-order valence-electron chi connectivity index (χ3n) is 4.88. The van der Waals surface area contributed by atoms with E-state index in [0.717, 1.165) is 31.9 Å². The Morgan fingerprint density at radius 2 is 1.84 bits per heavy atom. The van der Waals surface area contributed by atoms with E-state index in [4.69, 9.17) is 4.74 Å². The molecule has 0 spiro atoms. The molecular formula is C20H22FN3O. The minimum absolute atomic E-state index is 0.136. The second-order valence-electron chi connectivity index (χ2n) is 6.22. The highest BCUT2D eigenvalue weighted by molar-refractivity contribution is 5.60. The van der Waals surface area contributed by atoms with E-state index in [1.165, 1.54) is 11.6 Å². The van der Waals surface area contributed by atoms with Crippen LogP contribution in [0.3, 0.4) is 0 Å². The van der Waals surface area contributed by atoms with E-state index >= 15 is 0 Å². The lowest BCUT2D eigenvalue weighted by molar-refractivity contribution is 0.198. The minimum Gasteiger partial charge on any atom is -0.497 e. The van der Waals surface area contributed by atoms with E-state index in [-0.39, 0.29) is 11.6 Å². The predicted molar refractivity (Wildman–Crippen MR) is 96.3 cm³/mol. The van der Waals surface area contributed by atoms with E-state index in [0.29, 0.717) is 5.69 Å². The zero-order chi connectivity index (χ0) is 17.8. The molecule has 1 unspecified atom stereocenters. The SMILES string of the molecule is COc1cccc(C(C)N2CCN(c3cccc(F)c3C#N)CC2)c1. The van der Waals surface area contributed by atoms with Gasteiger partial charge in [0.15, 0.2) is 0 Å². The maximum Gasteiger partial charge on any atom is 0.143 e. The van der Waals surface area contributed by atoms with Crippen molar-refractivity contribution in [1.29, 1.82) is 5.26 Å². The van der Waals surface area contributed by atoms with Gasteiger partial charge in [-0.15, -0.1) is 0 Å². The van der Waals surface area contributed by atoms with Crippen molar-refractivity contribution in [3.8, 4) is 11.8 Å². The second kappa shape index (κ2) is 7.54. The van der Waals surface area contributed by atoms with E-state index in [1.54, 1.807) is 13.2 Å². The van der Waals surface area contributed by atoms with Crippen LogP contribution in [0.25, 0.3) is 0 Å². The van der Waals surface area contributed by atoms with Gasteiger partial charge in [-0.2, -0.15) is 5.26 Å². The van der Waals surface area contributed by atoms with Crippen LogP contribution in [0.15, 0.2) is 42.5 Å². The Hall–Kier alpha value is -2.58. The summed E-state index contributed by atoms with van der Waals surface area (Å²) in [7, 11) is 1.67. The summed E-state index contributed by atoms with van der Waals surface area (Å²) in [6.07, 6.45) is 0. The first-order valence-corrected chi connectivity index (χ1v) is 8.45. The van der Waals surface area contributed by atoms with Crippen molar-refractivity contribution in [2.45, 2.75) is 13.0 Å². The summed E-state index contributed by atoms with van der Waals surface area (Å²) in [5.41, 5.74) is 2.05. The van der Waals surface area contributed by atoms with Crippen LogP contribution in [0.5, 0.6) is 5.75 Å². The Balaban J connectivity index is 1.70. The summed E-state index contributed by atoms with van der Waals surface area (Å²) in [6.45, 7) is 5.45. The molecule has 0 bridgehead atoms. The number of ether oxygens (including phenoxy) is 1. The Kier molecular flexibility index (Phi) is 5.20. The van der Waals surface area contributed by atoms with Gasteiger partial charge in [-0.25, -0.2) is 4.39 Å². The highest BCUT2D eigenvalue weighted by atomic mass is 19.1. The summed E-state index contributed by atoms with van der Waals surface area (Å²) >= 11 is 0. The highest BCUT2D eigenvalue weighted by Gasteiger charge is 2.24. The molecule has 3 rings (SSSR count). The number of anilines is 1. The molecule has 1 saturated heterocycles. The molecule has 0 N–H and O–H groups in total. The number of hydrogen-bond donors (Lipinski definition) is 0. The van der Waals surface area contributed by atoms with E-state index in [1.807, 2.05) is 24.3 Å². The fourth-order valence-electron chi connectivity index (χ4n) is 3.35. The standard InChI is InChI=1S/C20H22FN3O/c1-15(16-5-3-6-17(13-16)25-2)23-9-11-24(12-10-23)20-8-4-7-19(21)18(20)14-22/h3-8,13,15H,9-12H2,1-2H3. The molecule has 0 saturated carbocycles. The Morgan fingerprint density at radius 3 is 2.52 bits per heavy atom. The highest BCUT2D eigenvalue weighted by Crippen LogP contribution is 2.28. The number of piperazine rings is 1. The summed E-state index contributed by atoms with van der Waals surface area (Å²) in [6, 6.07) is 15.2. The average Bonchev–Trinajstić information content (AvgIpc) is 2.67. The molecule has 2 aromatic carbocycles. The molecule has 1 atom stereocenters. The topological polar surface area (TPSA) is 39.5 Å². The third kappa shape index (κ3) is 3.59. The van der Waals surface area contributed by atoms with Gasteiger partial charge in [0.1, 0.15) is 23.2 Å². The summed E-state index contributed by atoms with van der Waals surface area (Å²) < 4.78 is 19.1. The van der Waals surface area contributed by atoms with Crippen LogP contribution in [0.4, 0.5) is 10.1 Å². The second-order valence-corrected chi connectivity index (χ2v) is 6.22. The fourth-order valence-corrected chi connectivity index (χ4v) is 3.35. The zero-order valence-electron chi connectivity index (χ0n) is 14.6. The summed E-state index contributed by atoms with van der Waals surface area (Å²) in [5, 5.41) is 9.23. The largest absolute Gasteiger partial charge is 0.497 e. The number of halogens is 1. The van der Waals surface area contributed by atoms with Crippen molar-refractivity contribution < 1.29 is 9.13 Å². The van der Waals surface area contributed by atoms with Crippen LogP contribution in [-0.4, -0.2) is 38.2 Å². The van der Waals surface area contributed by atoms with Gasteiger partial charge in [0.05, 0.1) is 12.8 Å². The molecule has 5 heteroatoms. The number of hydrogen-bond acceptors (Lipinski definition) is 4. The van der Waals surface area contributed by atoms with Crippen molar-refractivity contribution in [1.82, 2.24) is 4.90 Å². The van der Waals surface area contributed by atoms with Gasteiger partial charge in [-0.3, -0.25) is 4.90 Å². The van der Waals surface area contributed by atoms with Crippen molar-refractivity contribution in [3.63, 3.8) is 0 Å². The monoisotopic (exact) mass is 339 g/mol. The Labute approximate surface area is 148 Å². The van der Waals surface area contributed by atoms with Crippen molar-refractivity contribution in [2.24, 2.45) is 0 Å². The molecule has 1 aliphatic heterocycles. The lowest BCUT2D eigenvalue weighted by Crippen LogP contribution is -2.47. The molecule has 1 aliphatic rings. The van der Waals surface area contributed by atoms with E-state index in [2.05, 4.69) is 28.9 Å². The minimum atomic E-state index is -0.452. The van der Waals surface area contributed by atoms with Crippen LogP contribution >= 0.6 is 0 Å². The van der Waals surface area contributed by atoms with Crippen LogP contribution < -0.4 is 9.64 Å². The van der Waals surface area contributed by atoms with Crippen molar-refractivity contribution in [3.05, 3.63) is 59.4 Å². The Bertz CT molecular complexity index is 779. The van der Waals surface area contributed by atoms with Crippen LogP contribution in [0.2, 0.25) is 0 Å². The molecule has 4 nitrogen and oxygen atoms in total. The van der Waals surface area contributed by atoms with Crippen molar-refractivity contribution >= 4 is 5.69 Å². The van der Waals surface area contributed by atoms with Crippen LogP contribution in [0, 0.1) is 17.1 Å². The molecule has 0 radical (unpaired) electrons. The normalized spacial score (nSPS) is 16.3. The van der Waals surface area contributed by atoms with Gasteiger partial charge in [0, 0.05) is 32.2 Å². The van der Waals surface area contributed by atoms with Gasteiger partial charge in [0.2, 0.25) is 0 Å². The van der Waals surface area contributed by atoms with Crippen LogP contribution in [0.1, 0.15) is 24.1 Å². The first-order valence-electron chi connectivity index (χ1n) is 8.45. The van der Waals surface area contributed by atoms with Gasteiger partial charge in [-0.1, -0.05) is 18.2 Å². The van der Waals surface area contributed by atoms with Crippen molar-refractivity contribution in [2.75, 3.05) is 38.2 Å². The molecule has 25 heavy (non-hydrogen) atoms. The molecule has 130 valence electrons. The lowest BCUT2D eigenvalue weighted by atomic mass is 10.1. The summed E-state index contributed by atoms with van der Waals surface area (Å²) in [4.78, 5) is 4.49. The first kappa shape index (κ1) is 17.2. The number of benzene rings is 2. The predicted octanol–water partition coefficient (Wildman–Crippen LogP) is 3.59. The maximum absolute atomic E-state index is 13.8. The molecule has 2 aromatic rings.